The number of benzene rings is 2. The topological polar surface area (TPSA) is 37.0 Å². The Morgan fingerprint density at radius 3 is 2.72 bits per heavy atom. The summed E-state index contributed by atoms with van der Waals surface area (Å²) in [4.78, 5) is 3.31. The van der Waals surface area contributed by atoms with Gasteiger partial charge in [0.1, 0.15) is 11.6 Å². The normalized spacial score (nSPS) is 16.4. The van der Waals surface area contributed by atoms with E-state index >= 15 is 0 Å². The zero-order valence-electron chi connectivity index (χ0n) is 14.4. The van der Waals surface area contributed by atoms with Crippen molar-refractivity contribution in [1.29, 1.82) is 0 Å². The van der Waals surface area contributed by atoms with Crippen LogP contribution in [0.5, 0.6) is 5.75 Å². The molecule has 0 saturated heterocycles. The monoisotopic (exact) mass is 338 g/mol. The van der Waals surface area contributed by atoms with Crippen LogP contribution in [0, 0.1) is 5.82 Å². The highest BCUT2D eigenvalue weighted by Gasteiger charge is 2.37. The summed E-state index contributed by atoms with van der Waals surface area (Å²) in [5.41, 5.74) is 2.79. The van der Waals surface area contributed by atoms with Crippen LogP contribution in [-0.4, -0.2) is 12.1 Å². The lowest BCUT2D eigenvalue weighted by Gasteiger charge is -2.31. The van der Waals surface area contributed by atoms with Gasteiger partial charge >= 0.3 is 0 Å². The lowest BCUT2D eigenvalue weighted by atomic mass is 9.87. The summed E-state index contributed by atoms with van der Waals surface area (Å²) in [7, 11) is 1.67. The second-order valence-electron chi connectivity index (χ2n) is 6.85. The summed E-state index contributed by atoms with van der Waals surface area (Å²) in [6, 6.07) is 13.2. The summed E-state index contributed by atoms with van der Waals surface area (Å²) in [6.45, 7) is 0.709. The van der Waals surface area contributed by atoms with E-state index in [0.29, 0.717) is 6.54 Å². The third kappa shape index (κ3) is 2.91. The fourth-order valence-corrected chi connectivity index (χ4v) is 4.07. The quantitative estimate of drug-likeness (QED) is 0.696. The molecule has 0 spiro atoms. The van der Waals surface area contributed by atoms with Gasteiger partial charge < -0.3 is 15.0 Å². The van der Waals surface area contributed by atoms with Crippen LogP contribution in [0.25, 0.3) is 10.9 Å². The summed E-state index contributed by atoms with van der Waals surface area (Å²) in [6.07, 6.45) is 6.24. The smallest absolute Gasteiger partial charge is 0.128 e. The van der Waals surface area contributed by atoms with E-state index < -0.39 is 0 Å². The number of ether oxygens (including phenoxy) is 1. The average molecular weight is 338 g/mol. The van der Waals surface area contributed by atoms with Crippen LogP contribution in [0.15, 0.2) is 48.7 Å². The fraction of sp³-hybridized carbons (Fsp3) is 0.333. The van der Waals surface area contributed by atoms with E-state index in [1.54, 1.807) is 19.2 Å². The molecule has 1 saturated carbocycles. The number of methoxy groups -OCH3 is 1. The van der Waals surface area contributed by atoms with Crippen molar-refractivity contribution in [2.75, 3.05) is 7.11 Å². The van der Waals surface area contributed by atoms with Crippen LogP contribution in [0.4, 0.5) is 4.39 Å². The molecule has 130 valence electrons. The van der Waals surface area contributed by atoms with E-state index in [0.717, 1.165) is 42.5 Å². The number of hydrogen-bond acceptors (Lipinski definition) is 2. The summed E-state index contributed by atoms with van der Waals surface area (Å²) >= 11 is 0. The lowest BCUT2D eigenvalue weighted by molar-refractivity contribution is 0.326. The molecule has 1 aliphatic rings. The van der Waals surface area contributed by atoms with Gasteiger partial charge in [-0.25, -0.2) is 4.39 Å². The van der Waals surface area contributed by atoms with Gasteiger partial charge in [0.2, 0.25) is 0 Å². The first-order valence-corrected chi connectivity index (χ1v) is 8.86. The molecule has 4 rings (SSSR count). The second-order valence-corrected chi connectivity index (χ2v) is 6.85. The maximum atomic E-state index is 14.4. The molecular weight excluding hydrogens is 315 g/mol. The zero-order chi connectivity index (χ0) is 17.3. The average Bonchev–Trinajstić information content (AvgIpc) is 3.27. The van der Waals surface area contributed by atoms with Crippen molar-refractivity contribution in [2.24, 2.45) is 0 Å². The van der Waals surface area contributed by atoms with E-state index in [1.165, 1.54) is 10.9 Å². The van der Waals surface area contributed by atoms with Gasteiger partial charge in [0.15, 0.2) is 0 Å². The van der Waals surface area contributed by atoms with E-state index in [4.69, 9.17) is 4.74 Å². The number of aromatic amines is 1. The molecule has 1 heterocycles. The molecule has 0 radical (unpaired) electrons. The number of aromatic nitrogens is 1. The van der Waals surface area contributed by atoms with Gasteiger partial charge in [-0.05, 0) is 36.6 Å². The number of nitrogens with one attached hydrogen (secondary N) is 2. The van der Waals surface area contributed by atoms with Crippen LogP contribution >= 0.6 is 0 Å². The molecule has 3 nitrogen and oxygen atoms in total. The van der Waals surface area contributed by atoms with Gasteiger partial charge in [0.25, 0.3) is 0 Å². The molecular formula is C21H23FN2O. The Labute approximate surface area is 147 Å². The molecule has 0 unspecified atom stereocenters. The Balaban J connectivity index is 1.62. The van der Waals surface area contributed by atoms with Gasteiger partial charge in [-0.3, -0.25) is 0 Å². The first-order chi connectivity index (χ1) is 12.2. The number of hydrogen-bond donors (Lipinski definition) is 2. The van der Waals surface area contributed by atoms with Gasteiger partial charge in [-0.1, -0.05) is 31.0 Å². The van der Waals surface area contributed by atoms with Gasteiger partial charge in [0, 0.05) is 40.8 Å². The first kappa shape index (κ1) is 16.2. The SMILES string of the molecule is COc1ccc2c(CNC3(c4ccccc4F)CCCC3)c[nH]c2c1. The molecule has 0 atom stereocenters. The Bertz CT molecular complexity index is 880. The van der Waals surface area contributed by atoms with Crippen LogP contribution in [-0.2, 0) is 12.1 Å². The van der Waals surface area contributed by atoms with Crippen LogP contribution < -0.4 is 10.1 Å². The molecule has 2 N–H and O–H groups in total. The third-order valence-corrected chi connectivity index (χ3v) is 5.44. The molecule has 4 heteroatoms. The van der Waals surface area contributed by atoms with Crippen LogP contribution in [0.2, 0.25) is 0 Å². The predicted octanol–water partition coefficient (Wildman–Crippen LogP) is 4.87. The van der Waals surface area contributed by atoms with Crippen molar-refractivity contribution in [2.45, 2.75) is 37.8 Å². The van der Waals surface area contributed by atoms with Gasteiger partial charge in [-0.15, -0.1) is 0 Å². The van der Waals surface area contributed by atoms with Crippen molar-refractivity contribution in [1.82, 2.24) is 10.3 Å². The first-order valence-electron chi connectivity index (χ1n) is 8.86. The summed E-state index contributed by atoms with van der Waals surface area (Å²) < 4.78 is 19.7. The molecule has 0 bridgehead atoms. The van der Waals surface area contributed by atoms with E-state index in [1.807, 2.05) is 30.5 Å². The van der Waals surface area contributed by atoms with Crippen molar-refractivity contribution in [3.8, 4) is 5.75 Å². The molecule has 0 aliphatic heterocycles. The number of rotatable bonds is 5. The van der Waals surface area contributed by atoms with E-state index in [-0.39, 0.29) is 11.4 Å². The Kier molecular flexibility index (Phi) is 4.22. The molecule has 3 aromatic rings. The number of fused-ring (bicyclic) bond motifs is 1. The predicted molar refractivity (Wildman–Crippen MR) is 98.2 cm³/mol. The summed E-state index contributed by atoms with van der Waals surface area (Å²) in [5.74, 6) is 0.730. The maximum absolute atomic E-state index is 14.4. The molecule has 2 aromatic carbocycles. The van der Waals surface area contributed by atoms with Crippen molar-refractivity contribution < 1.29 is 9.13 Å². The van der Waals surface area contributed by atoms with Crippen LogP contribution in [0.1, 0.15) is 36.8 Å². The highest BCUT2D eigenvalue weighted by Crippen LogP contribution is 2.40. The highest BCUT2D eigenvalue weighted by molar-refractivity contribution is 5.84. The Hall–Kier alpha value is -2.33. The molecule has 1 aliphatic carbocycles. The Morgan fingerprint density at radius 1 is 1.16 bits per heavy atom. The molecule has 25 heavy (non-hydrogen) atoms. The second kappa shape index (κ2) is 6.52. The highest BCUT2D eigenvalue weighted by atomic mass is 19.1. The summed E-state index contributed by atoms with van der Waals surface area (Å²) in [5, 5.41) is 4.86. The van der Waals surface area contributed by atoms with Gasteiger partial charge in [-0.2, -0.15) is 0 Å². The number of halogens is 1. The molecule has 1 fully saturated rings. The minimum absolute atomic E-state index is 0.111. The standard InChI is InChI=1S/C21H23FN2O/c1-25-16-8-9-17-15(13-23-20(17)12-16)14-24-21(10-4-5-11-21)18-6-2-3-7-19(18)22/h2-3,6-9,12-13,23-24H,4-5,10-11,14H2,1H3. The Morgan fingerprint density at radius 2 is 1.96 bits per heavy atom. The minimum Gasteiger partial charge on any atom is -0.497 e. The van der Waals surface area contributed by atoms with Crippen molar-refractivity contribution >= 4 is 10.9 Å². The van der Waals surface area contributed by atoms with Crippen molar-refractivity contribution in [3.63, 3.8) is 0 Å². The molecule has 1 aromatic heterocycles. The lowest BCUT2D eigenvalue weighted by Crippen LogP contribution is -2.40. The fourth-order valence-electron chi connectivity index (χ4n) is 4.07. The number of H-pyrrole nitrogens is 1. The van der Waals surface area contributed by atoms with Gasteiger partial charge in [0.05, 0.1) is 7.11 Å². The zero-order valence-corrected chi connectivity index (χ0v) is 14.4. The minimum atomic E-state index is -0.262. The largest absolute Gasteiger partial charge is 0.497 e. The van der Waals surface area contributed by atoms with Crippen molar-refractivity contribution in [3.05, 3.63) is 65.6 Å². The van der Waals surface area contributed by atoms with E-state index in [2.05, 4.69) is 16.4 Å². The third-order valence-electron chi connectivity index (χ3n) is 5.44. The molecule has 0 amide bonds. The maximum Gasteiger partial charge on any atom is 0.128 e. The van der Waals surface area contributed by atoms with Crippen LogP contribution in [0.3, 0.4) is 0 Å². The van der Waals surface area contributed by atoms with E-state index in [9.17, 15) is 4.39 Å².